The van der Waals surface area contributed by atoms with Crippen LogP contribution in [0.3, 0.4) is 0 Å². The molecule has 0 aliphatic carbocycles. The van der Waals surface area contributed by atoms with Crippen LogP contribution in [-0.4, -0.2) is 71.8 Å². The lowest BCUT2D eigenvalue weighted by atomic mass is 10.2. The molecule has 0 atom stereocenters. The highest BCUT2D eigenvalue weighted by atomic mass is 16.5. The Labute approximate surface area is 369 Å². The first-order valence-corrected chi connectivity index (χ1v) is 20.4. The Kier molecular flexibility index (Phi) is 13.0. The molecule has 12 heterocycles. The summed E-state index contributed by atoms with van der Waals surface area (Å²) in [5.41, 5.74) is 6.42. The number of pyridine rings is 7. The topological polar surface area (TPSA) is 166 Å². The second kappa shape index (κ2) is 20.4. The van der Waals surface area contributed by atoms with Crippen molar-refractivity contribution in [2.24, 2.45) is 0 Å². The van der Waals surface area contributed by atoms with Gasteiger partial charge in [0.1, 0.15) is 34.5 Å². The van der Waals surface area contributed by atoms with Crippen LogP contribution in [0.1, 0.15) is 22.4 Å². The first-order valence-electron chi connectivity index (χ1n) is 20.4. The third-order valence-corrected chi connectivity index (χ3v) is 10.2. The third-order valence-electron chi connectivity index (χ3n) is 10.2. The number of anilines is 4. The monoisotopic (exact) mass is 853 g/mol. The maximum absolute atomic E-state index is 5.66. The Morgan fingerprint density at radius 1 is 0.344 bits per heavy atom. The standard InChI is InChI=1S/3C12H11N3O.C11H10N4O/c1-4-13-5-2-11(1)15-8-10-7-14-6-3-12(10)16-9-15;1-2-6-14-12(5-1)15-8-10-11(16-9-15)4-3-7-13-10;1-2-11(7-13-4-1)15-8-10-6-14-5-3-12(10)16-9-15;1-3-13-11(14-4-1)15-7-9-6-12-5-2-10(9)16-8-15/h3*1-7H,8-9H2;1-6H,7-8H2. The van der Waals surface area contributed by atoms with Gasteiger partial charge in [-0.05, 0) is 72.8 Å². The van der Waals surface area contributed by atoms with E-state index in [0.717, 1.165) is 88.8 Å². The molecular formula is C47H43N13O4. The Morgan fingerprint density at radius 2 is 0.875 bits per heavy atom. The summed E-state index contributed by atoms with van der Waals surface area (Å²) in [7, 11) is 0. The molecule has 0 aromatic carbocycles. The van der Waals surface area contributed by atoms with E-state index in [0.29, 0.717) is 32.9 Å². The number of nitrogens with zero attached hydrogens (tertiary/aromatic N) is 13. The van der Waals surface area contributed by atoms with Gasteiger partial charge in [-0.3, -0.25) is 29.9 Å². The predicted octanol–water partition coefficient (Wildman–Crippen LogP) is 6.73. The van der Waals surface area contributed by atoms with Crippen LogP contribution in [0.4, 0.5) is 23.1 Å². The highest BCUT2D eigenvalue weighted by Gasteiger charge is 2.21. The highest BCUT2D eigenvalue weighted by molar-refractivity contribution is 5.49. The minimum atomic E-state index is 0.473. The van der Waals surface area contributed by atoms with Gasteiger partial charge in [-0.2, -0.15) is 0 Å². The van der Waals surface area contributed by atoms with E-state index < -0.39 is 0 Å². The molecular weight excluding hydrogens is 811 g/mol. The molecule has 0 fully saturated rings. The Balaban J connectivity index is 0.000000108. The number of aromatic nitrogens is 9. The first kappa shape index (κ1) is 40.9. The van der Waals surface area contributed by atoms with E-state index in [-0.39, 0.29) is 0 Å². The summed E-state index contributed by atoms with van der Waals surface area (Å²) in [6.07, 6.45) is 24.9. The lowest BCUT2D eigenvalue weighted by Gasteiger charge is -2.30. The molecule has 17 nitrogen and oxygen atoms in total. The van der Waals surface area contributed by atoms with Crippen LogP contribution < -0.4 is 38.5 Å². The maximum atomic E-state index is 5.66. The molecule has 0 saturated carbocycles. The molecule has 0 bridgehead atoms. The normalized spacial score (nSPS) is 14.1. The summed E-state index contributed by atoms with van der Waals surface area (Å²) in [6, 6.07) is 25.0. The number of ether oxygens (including phenoxy) is 4. The van der Waals surface area contributed by atoms with Gasteiger partial charge in [0.2, 0.25) is 5.95 Å². The van der Waals surface area contributed by atoms with Gasteiger partial charge in [0.05, 0.1) is 38.1 Å². The Hall–Kier alpha value is -8.47. The number of hydrogen-bond donors (Lipinski definition) is 0. The number of hydrogen-bond acceptors (Lipinski definition) is 17. The van der Waals surface area contributed by atoms with Crippen molar-refractivity contribution in [3.8, 4) is 23.0 Å². The summed E-state index contributed by atoms with van der Waals surface area (Å²) >= 11 is 0. The van der Waals surface area contributed by atoms with E-state index in [9.17, 15) is 0 Å². The number of rotatable bonds is 4. The fourth-order valence-electron chi connectivity index (χ4n) is 6.96. The van der Waals surface area contributed by atoms with Crippen molar-refractivity contribution in [3.63, 3.8) is 0 Å². The molecule has 0 saturated heterocycles. The van der Waals surface area contributed by atoms with Gasteiger partial charge in [0.15, 0.2) is 26.9 Å². The zero-order valence-electron chi connectivity index (χ0n) is 34.7. The van der Waals surface area contributed by atoms with Crippen molar-refractivity contribution in [2.45, 2.75) is 26.2 Å². The molecule has 8 aromatic heterocycles. The lowest BCUT2D eigenvalue weighted by molar-refractivity contribution is 0.285. The first-order chi connectivity index (χ1) is 31.7. The van der Waals surface area contributed by atoms with Crippen LogP contribution in [-0.2, 0) is 26.2 Å². The zero-order valence-corrected chi connectivity index (χ0v) is 34.7. The second-order valence-corrected chi connectivity index (χ2v) is 14.4. The van der Waals surface area contributed by atoms with Gasteiger partial charge in [-0.25, -0.2) is 15.0 Å². The van der Waals surface area contributed by atoms with Crippen LogP contribution in [0.5, 0.6) is 23.0 Å². The maximum Gasteiger partial charge on any atom is 0.228 e. The van der Waals surface area contributed by atoms with Crippen LogP contribution in [0, 0.1) is 0 Å². The predicted molar refractivity (Wildman–Crippen MR) is 238 cm³/mol. The van der Waals surface area contributed by atoms with Crippen molar-refractivity contribution in [1.29, 1.82) is 0 Å². The van der Waals surface area contributed by atoms with Crippen LogP contribution >= 0.6 is 0 Å². The fraction of sp³-hybridized carbons (Fsp3) is 0.170. The van der Waals surface area contributed by atoms with Crippen molar-refractivity contribution in [3.05, 3.63) is 188 Å². The molecule has 320 valence electrons. The number of fused-ring (bicyclic) bond motifs is 4. The molecule has 4 aliphatic heterocycles. The smallest absolute Gasteiger partial charge is 0.228 e. The lowest BCUT2D eigenvalue weighted by Crippen LogP contribution is -2.33. The zero-order chi connectivity index (χ0) is 43.2. The van der Waals surface area contributed by atoms with E-state index in [1.165, 1.54) is 0 Å². The molecule has 12 rings (SSSR count). The molecule has 64 heavy (non-hydrogen) atoms. The van der Waals surface area contributed by atoms with Gasteiger partial charge >= 0.3 is 0 Å². The molecule has 0 N–H and O–H groups in total. The SMILES string of the molecule is c1cc(N2COc3ccncc3C2)ccn1.c1ccc(N2COc3cccnc3C2)nc1.c1cnc(N2COc3ccncc3C2)nc1.c1cncc(N2COc3ccncc3C2)c1. The van der Waals surface area contributed by atoms with Gasteiger partial charge in [-0.1, -0.05) is 6.07 Å². The van der Waals surface area contributed by atoms with Crippen molar-refractivity contribution >= 4 is 23.1 Å². The highest BCUT2D eigenvalue weighted by Crippen LogP contribution is 2.29. The van der Waals surface area contributed by atoms with E-state index in [4.69, 9.17) is 18.9 Å². The molecule has 8 aromatic rings. The van der Waals surface area contributed by atoms with E-state index >= 15 is 0 Å². The molecule has 17 heteroatoms. The molecule has 0 unspecified atom stereocenters. The molecule has 0 spiro atoms. The van der Waals surface area contributed by atoms with Crippen LogP contribution in [0.15, 0.2) is 166 Å². The van der Waals surface area contributed by atoms with Crippen molar-refractivity contribution < 1.29 is 18.9 Å². The minimum absolute atomic E-state index is 0.473. The molecule has 0 amide bonds. The summed E-state index contributed by atoms with van der Waals surface area (Å²) in [5, 5.41) is 0. The largest absolute Gasteiger partial charge is 0.473 e. The fourth-order valence-corrected chi connectivity index (χ4v) is 6.96. The van der Waals surface area contributed by atoms with Gasteiger partial charge in [0, 0.05) is 103 Å². The van der Waals surface area contributed by atoms with Crippen molar-refractivity contribution in [1.82, 2.24) is 44.9 Å². The quantitative estimate of drug-likeness (QED) is 0.183. The van der Waals surface area contributed by atoms with Gasteiger partial charge in [-0.15, -0.1) is 0 Å². The average Bonchev–Trinajstić information content (AvgIpc) is 3.39. The summed E-state index contributed by atoms with van der Waals surface area (Å²) in [6.45, 7) is 5.24. The Bertz CT molecular complexity index is 2320. The van der Waals surface area contributed by atoms with E-state index in [1.807, 2.05) is 102 Å². The summed E-state index contributed by atoms with van der Waals surface area (Å²) < 4.78 is 22.5. The van der Waals surface area contributed by atoms with Crippen LogP contribution in [0.25, 0.3) is 0 Å². The summed E-state index contributed by atoms with van der Waals surface area (Å²) in [5.74, 6) is 5.21. The van der Waals surface area contributed by atoms with E-state index in [1.54, 1.807) is 68.0 Å². The minimum Gasteiger partial charge on any atom is -0.473 e. The molecule has 0 radical (unpaired) electrons. The second-order valence-electron chi connectivity index (χ2n) is 14.4. The Morgan fingerprint density at radius 3 is 1.50 bits per heavy atom. The van der Waals surface area contributed by atoms with Crippen molar-refractivity contribution in [2.75, 3.05) is 46.5 Å². The average molecular weight is 854 g/mol. The van der Waals surface area contributed by atoms with Crippen LogP contribution in [0.2, 0.25) is 0 Å². The summed E-state index contributed by atoms with van der Waals surface area (Å²) in [4.78, 5) is 45.7. The van der Waals surface area contributed by atoms with E-state index in [2.05, 4.69) is 59.6 Å². The van der Waals surface area contributed by atoms with Gasteiger partial charge in [0.25, 0.3) is 0 Å². The molecule has 4 aliphatic rings. The third kappa shape index (κ3) is 10.3. The van der Waals surface area contributed by atoms with Gasteiger partial charge < -0.3 is 38.5 Å².